The van der Waals surface area contributed by atoms with E-state index in [4.69, 9.17) is 4.74 Å². The highest BCUT2D eigenvalue weighted by Gasteiger charge is 2.00. The lowest BCUT2D eigenvalue weighted by Gasteiger charge is -2.03. The molecule has 0 fully saturated rings. The molecular formula is C26H42O2. The molecule has 0 N–H and O–H groups in total. The van der Waals surface area contributed by atoms with Gasteiger partial charge in [-0.25, -0.2) is 0 Å². The molecule has 0 aliphatic carbocycles. The van der Waals surface area contributed by atoms with Crippen LogP contribution in [0, 0.1) is 0 Å². The van der Waals surface area contributed by atoms with Crippen molar-refractivity contribution in [1.82, 2.24) is 0 Å². The third kappa shape index (κ3) is 15.5. The molecule has 0 atom stereocenters. The van der Waals surface area contributed by atoms with E-state index in [0.717, 1.165) is 6.42 Å². The van der Waals surface area contributed by atoms with Crippen molar-refractivity contribution in [3.8, 4) is 5.75 Å². The van der Waals surface area contributed by atoms with Crippen LogP contribution in [-0.2, 0) is 4.79 Å². The molecule has 0 saturated carbocycles. The molecule has 0 radical (unpaired) electrons. The van der Waals surface area contributed by atoms with Gasteiger partial charge >= 0.3 is 5.97 Å². The number of rotatable bonds is 18. The third-order valence-corrected chi connectivity index (χ3v) is 5.15. The fourth-order valence-electron chi connectivity index (χ4n) is 3.42. The Labute approximate surface area is 173 Å². The van der Waals surface area contributed by atoms with Gasteiger partial charge in [-0.3, -0.25) is 4.79 Å². The molecule has 0 spiro atoms. The van der Waals surface area contributed by atoms with E-state index in [9.17, 15) is 4.79 Å². The summed E-state index contributed by atoms with van der Waals surface area (Å²) in [6.07, 6.45) is 24.9. The van der Waals surface area contributed by atoms with Crippen LogP contribution < -0.4 is 4.74 Å². The lowest BCUT2D eigenvalue weighted by atomic mass is 10.0. The smallest absolute Gasteiger partial charge is 0.315 e. The summed E-state index contributed by atoms with van der Waals surface area (Å²) in [6.45, 7) is 2.28. The summed E-state index contributed by atoms with van der Waals surface area (Å²) in [4.78, 5) is 11.7. The van der Waals surface area contributed by atoms with Gasteiger partial charge in [0.2, 0.25) is 0 Å². The Hall–Kier alpha value is -1.57. The molecule has 28 heavy (non-hydrogen) atoms. The standard InChI is InChI=1S/C26H42O2/c1-2-3-4-5-6-7-8-9-10-11-12-13-14-15-16-17-21-24-26(27)28-25-22-19-18-20-23-25/h17-23H,2-16,24H2,1H3/b21-17+. The monoisotopic (exact) mass is 386 g/mol. The molecule has 1 aromatic carbocycles. The van der Waals surface area contributed by atoms with E-state index in [0.29, 0.717) is 12.2 Å². The maximum atomic E-state index is 11.7. The number of carbonyl (C=O) groups excluding carboxylic acids is 1. The minimum atomic E-state index is -0.191. The normalized spacial score (nSPS) is 11.2. The number of para-hydroxylation sites is 1. The molecule has 2 nitrogen and oxygen atoms in total. The fraction of sp³-hybridized carbons (Fsp3) is 0.654. The Morgan fingerprint density at radius 3 is 1.75 bits per heavy atom. The number of hydrogen-bond donors (Lipinski definition) is 0. The first kappa shape index (κ1) is 24.5. The van der Waals surface area contributed by atoms with Gasteiger partial charge in [-0.2, -0.15) is 0 Å². The topological polar surface area (TPSA) is 26.3 Å². The Bertz CT molecular complexity index is 492. The molecule has 0 aromatic heterocycles. The van der Waals surface area contributed by atoms with E-state index in [1.807, 2.05) is 24.3 Å². The van der Waals surface area contributed by atoms with Crippen LogP contribution in [-0.4, -0.2) is 5.97 Å². The summed E-state index contributed by atoms with van der Waals surface area (Å²) in [5.74, 6) is 0.427. The summed E-state index contributed by atoms with van der Waals surface area (Å²) in [5, 5.41) is 0. The minimum Gasteiger partial charge on any atom is -0.426 e. The summed E-state index contributed by atoms with van der Waals surface area (Å²) in [6, 6.07) is 9.25. The van der Waals surface area contributed by atoms with Crippen LogP contribution in [0.25, 0.3) is 0 Å². The Kier molecular flexibility index (Phi) is 16.4. The van der Waals surface area contributed by atoms with Crippen LogP contribution in [0.1, 0.15) is 110 Å². The maximum absolute atomic E-state index is 11.7. The molecule has 0 saturated heterocycles. The molecule has 0 unspecified atom stereocenters. The van der Waals surface area contributed by atoms with Gasteiger partial charge in [-0.1, -0.05) is 121 Å². The number of unbranched alkanes of at least 4 members (excludes halogenated alkanes) is 14. The molecule has 158 valence electrons. The zero-order valence-electron chi connectivity index (χ0n) is 18.2. The van der Waals surface area contributed by atoms with Crippen molar-refractivity contribution in [3.63, 3.8) is 0 Å². The molecule has 0 aliphatic rings. The van der Waals surface area contributed by atoms with Crippen molar-refractivity contribution >= 4 is 5.97 Å². The van der Waals surface area contributed by atoms with E-state index in [1.165, 1.54) is 89.9 Å². The van der Waals surface area contributed by atoms with Gasteiger partial charge in [0, 0.05) is 0 Å². The van der Waals surface area contributed by atoms with Crippen LogP contribution in [0.3, 0.4) is 0 Å². The number of benzene rings is 1. The Morgan fingerprint density at radius 2 is 1.21 bits per heavy atom. The van der Waals surface area contributed by atoms with Crippen molar-refractivity contribution in [2.75, 3.05) is 0 Å². The summed E-state index contributed by atoms with van der Waals surface area (Å²) < 4.78 is 5.25. The zero-order chi connectivity index (χ0) is 20.1. The first-order valence-corrected chi connectivity index (χ1v) is 11.7. The molecular weight excluding hydrogens is 344 g/mol. The second-order valence-corrected chi connectivity index (χ2v) is 7.85. The van der Waals surface area contributed by atoms with Crippen molar-refractivity contribution < 1.29 is 9.53 Å². The molecule has 0 bridgehead atoms. The van der Waals surface area contributed by atoms with Gasteiger partial charge in [0.25, 0.3) is 0 Å². The van der Waals surface area contributed by atoms with Crippen LogP contribution in [0.5, 0.6) is 5.75 Å². The van der Waals surface area contributed by atoms with Gasteiger partial charge in [-0.05, 0) is 25.0 Å². The average molecular weight is 387 g/mol. The number of allylic oxidation sites excluding steroid dienone is 1. The van der Waals surface area contributed by atoms with E-state index in [-0.39, 0.29) is 5.97 Å². The van der Waals surface area contributed by atoms with Gasteiger partial charge in [0.05, 0.1) is 6.42 Å². The van der Waals surface area contributed by atoms with E-state index in [2.05, 4.69) is 13.0 Å². The zero-order valence-corrected chi connectivity index (χ0v) is 18.2. The van der Waals surface area contributed by atoms with Gasteiger partial charge < -0.3 is 4.74 Å². The summed E-state index contributed by atoms with van der Waals surface area (Å²) >= 11 is 0. The van der Waals surface area contributed by atoms with Crippen LogP contribution >= 0.6 is 0 Å². The van der Waals surface area contributed by atoms with Crippen LogP contribution in [0.15, 0.2) is 42.5 Å². The average Bonchev–Trinajstić information content (AvgIpc) is 2.71. The molecule has 2 heteroatoms. The van der Waals surface area contributed by atoms with E-state index in [1.54, 1.807) is 12.1 Å². The SMILES string of the molecule is CCCCCCCCCCCCCCCC/C=C/CC(=O)Oc1ccccc1. The maximum Gasteiger partial charge on any atom is 0.315 e. The van der Waals surface area contributed by atoms with Gasteiger partial charge in [-0.15, -0.1) is 0 Å². The molecule has 1 rings (SSSR count). The Balaban J connectivity index is 1.80. The highest BCUT2D eigenvalue weighted by molar-refractivity contribution is 5.73. The highest BCUT2D eigenvalue weighted by atomic mass is 16.5. The molecule has 1 aromatic rings. The second kappa shape index (κ2) is 18.8. The first-order valence-electron chi connectivity index (χ1n) is 11.7. The number of ether oxygens (including phenoxy) is 1. The Morgan fingerprint density at radius 1 is 0.714 bits per heavy atom. The third-order valence-electron chi connectivity index (χ3n) is 5.15. The minimum absolute atomic E-state index is 0.191. The van der Waals surface area contributed by atoms with Gasteiger partial charge in [0.1, 0.15) is 5.75 Å². The van der Waals surface area contributed by atoms with Crippen LogP contribution in [0.2, 0.25) is 0 Å². The van der Waals surface area contributed by atoms with Crippen molar-refractivity contribution in [2.45, 2.75) is 110 Å². The van der Waals surface area contributed by atoms with Gasteiger partial charge in [0.15, 0.2) is 0 Å². The molecule has 0 aliphatic heterocycles. The molecule has 0 heterocycles. The largest absolute Gasteiger partial charge is 0.426 e. The molecule has 0 amide bonds. The summed E-state index contributed by atoms with van der Waals surface area (Å²) in [5.41, 5.74) is 0. The number of esters is 1. The quantitative estimate of drug-likeness (QED) is 0.109. The lowest BCUT2D eigenvalue weighted by Crippen LogP contribution is -2.05. The second-order valence-electron chi connectivity index (χ2n) is 7.85. The fourth-order valence-corrected chi connectivity index (χ4v) is 3.42. The predicted octanol–water partition coefficient (Wildman–Crippen LogP) is 8.41. The lowest BCUT2D eigenvalue weighted by molar-refractivity contribution is -0.133. The van der Waals surface area contributed by atoms with Crippen molar-refractivity contribution in [3.05, 3.63) is 42.5 Å². The number of carbonyl (C=O) groups is 1. The summed E-state index contributed by atoms with van der Waals surface area (Å²) in [7, 11) is 0. The van der Waals surface area contributed by atoms with Crippen LogP contribution in [0.4, 0.5) is 0 Å². The van der Waals surface area contributed by atoms with E-state index >= 15 is 0 Å². The highest BCUT2D eigenvalue weighted by Crippen LogP contribution is 2.13. The van der Waals surface area contributed by atoms with E-state index < -0.39 is 0 Å². The first-order chi connectivity index (χ1) is 13.8. The number of hydrogen-bond acceptors (Lipinski definition) is 2. The van der Waals surface area contributed by atoms with Crippen molar-refractivity contribution in [1.29, 1.82) is 0 Å². The predicted molar refractivity (Wildman–Crippen MR) is 121 cm³/mol. The van der Waals surface area contributed by atoms with Crippen molar-refractivity contribution in [2.24, 2.45) is 0 Å².